The zero-order chi connectivity index (χ0) is 28.8. The highest BCUT2D eigenvalue weighted by molar-refractivity contribution is 6.62. The first-order valence-corrected chi connectivity index (χ1v) is 17.4. The lowest BCUT2D eigenvalue weighted by Gasteiger charge is -2.31. The molecule has 40 heavy (non-hydrogen) atoms. The van der Waals surface area contributed by atoms with Crippen LogP contribution in [0.15, 0.2) is 79.4 Å². The van der Waals surface area contributed by atoms with Crippen molar-refractivity contribution < 1.29 is 4.74 Å². The molecule has 1 nitrogen and oxygen atoms in total. The van der Waals surface area contributed by atoms with Gasteiger partial charge in [-0.05, 0) is 61.2 Å². The molecule has 208 valence electrons. The van der Waals surface area contributed by atoms with Crippen molar-refractivity contribution in [3.63, 3.8) is 0 Å². The Morgan fingerprint density at radius 2 is 1.48 bits per heavy atom. The van der Waals surface area contributed by atoms with E-state index in [1.807, 2.05) is 6.08 Å². The molecule has 4 aromatic carbocycles. The zero-order valence-electron chi connectivity index (χ0n) is 25.8. The van der Waals surface area contributed by atoms with Gasteiger partial charge in [-0.25, -0.2) is 0 Å². The molecule has 0 saturated heterocycles. The van der Waals surface area contributed by atoms with Crippen LogP contribution in [0.3, 0.4) is 0 Å². The van der Waals surface area contributed by atoms with Gasteiger partial charge in [-0.1, -0.05) is 141 Å². The van der Waals surface area contributed by atoms with Gasteiger partial charge < -0.3 is 4.74 Å². The fourth-order valence-corrected chi connectivity index (χ4v) is 9.89. The number of fused-ring (bicyclic) bond motifs is 4. The SMILES string of the molecule is C=CCOc1c(-c2c(C(C)(C)C)ccc3c2C([SiH](CC)CC)c2cc(C(C)(C)C)ccc2-3)ccc2ccccc12. The Kier molecular flexibility index (Phi) is 7.61. The molecule has 5 rings (SSSR count). The van der Waals surface area contributed by atoms with Gasteiger partial charge in [0.25, 0.3) is 0 Å². The van der Waals surface area contributed by atoms with Crippen LogP contribution >= 0.6 is 0 Å². The molecule has 0 aromatic heterocycles. The van der Waals surface area contributed by atoms with E-state index in [2.05, 4.69) is 129 Å². The molecule has 0 amide bonds. The Morgan fingerprint density at radius 1 is 0.800 bits per heavy atom. The molecular weight excluding hydrogens is 501 g/mol. The van der Waals surface area contributed by atoms with Gasteiger partial charge in [-0.3, -0.25) is 0 Å². The molecule has 1 atom stereocenters. The van der Waals surface area contributed by atoms with Crippen LogP contribution in [0.25, 0.3) is 33.0 Å². The van der Waals surface area contributed by atoms with Crippen LogP contribution in [0.4, 0.5) is 0 Å². The van der Waals surface area contributed by atoms with Gasteiger partial charge in [0.15, 0.2) is 0 Å². The third-order valence-corrected chi connectivity index (χ3v) is 12.7. The van der Waals surface area contributed by atoms with Gasteiger partial charge >= 0.3 is 0 Å². The average molecular weight is 547 g/mol. The standard InChI is InChI=1S/C38H46OSi/c1-10-23-39-35-27-16-14-13-15-25(27)17-19-30(35)33-32(38(7,8)9)22-21-29-28-20-18-26(37(4,5)6)24-31(28)36(34(29)33)40(11-2)12-3/h10,13-22,24,36,40H,1,11-12,23H2,2-9H3. The van der Waals surface area contributed by atoms with E-state index in [1.54, 1.807) is 11.1 Å². The van der Waals surface area contributed by atoms with Crippen molar-refractivity contribution in [1.29, 1.82) is 0 Å². The maximum atomic E-state index is 6.56. The van der Waals surface area contributed by atoms with Gasteiger partial charge in [-0.2, -0.15) is 0 Å². The molecule has 0 fully saturated rings. The lowest BCUT2D eigenvalue weighted by molar-refractivity contribution is 0.369. The number of benzene rings is 4. The van der Waals surface area contributed by atoms with E-state index in [-0.39, 0.29) is 10.8 Å². The largest absolute Gasteiger partial charge is 0.488 e. The van der Waals surface area contributed by atoms with Gasteiger partial charge in [0.05, 0.1) is 0 Å². The van der Waals surface area contributed by atoms with Crippen molar-refractivity contribution >= 4 is 19.6 Å². The summed E-state index contributed by atoms with van der Waals surface area (Å²) in [6, 6.07) is 28.0. The minimum absolute atomic E-state index is 0.0168. The predicted octanol–water partition coefficient (Wildman–Crippen LogP) is 10.6. The Bertz CT molecular complexity index is 1560. The van der Waals surface area contributed by atoms with E-state index < -0.39 is 8.80 Å². The summed E-state index contributed by atoms with van der Waals surface area (Å²) in [7, 11) is -1.16. The summed E-state index contributed by atoms with van der Waals surface area (Å²) in [5.74, 6) is 0.980. The predicted molar refractivity (Wildman–Crippen MR) is 178 cm³/mol. The topological polar surface area (TPSA) is 9.23 Å². The molecule has 2 heteroatoms. The Hall–Kier alpha value is -3.10. The summed E-state index contributed by atoms with van der Waals surface area (Å²) in [4.78, 5) is 0. The number of hydrogen-bond acceptors (Lipinski definition) is 1. The van der Waals surface area contributed by atoms with E-state index in [9.17, 15) is 0 Å². The van der Waals surface area contributed by atoms with E-state index >= 15 is 0 Å². The minimum atomic E-state index is -1.16. The first kappa shape index (κ1) is 28.4. The summed E-state index contributed by atoms with van der Waals surface area (Å²) in [5.41, 5.74) is 12.0. The van der Waals surface area contributed by atoms with Crippen LogP contribution in [0.5, 0.6) is 5.75 Å². The Labute approximate surface area is 243 Å². The molecular formula is C38H46OSi. The minimum Gasteiger partial charge on any atom is -0.488 e. The lowest BCUT2D eigenvalue weighted by Crippen LogP contribution is -2.24. The van der Waals surface area contributed by atoms with E-state index in [4.69, 9.17) is 4.74 Å². The van der Waals surface area contributed by atoms with Crippen LogP contribution in [0, 0.1) is 0 Å². The van der Waals surface area contributed by atoms with Crippen LogP contribution < -0.4 is 4.74 Å². The molecule has 0 heterocycles. The third kappa shape index (κ3) is 4.85. The van der Waals surface area contributed by atoms with Crippen molar-refractivity contribution in [2.24, 2.45) is 0 Å². The maximum absolute atomic E-state index is 6.56. The van der Waals surface area contributed by atoms with E-state index in [1.165, 1.54) is 56.2 Å². The van der Waals surface area contributed by atoms with Gasteiger partial charge in [0, 0.05) is 25.3 Å². The van der Waals surface area contributed by atoms with Crippen molar-refractivity contribution in [3.05, 3.63) is 102 Å². The molecule has 1 aliphatic rings. The Balaban J connectivity index is 1.91. The van der Waals surface area contributed by atoms with Crippen LogP contribution in [0.2, 0.25) is 12.1 Å². The number of rotatable bonds is 7. The highest BCUT2D eigenvalue weighted by Crippen LogP contribution is 2.55. The molecule has 0 aliphatic heterocycles. The summed E-state index contributed by atoms with van der Waals surface area (Å²) < 4.78 is 6.56. The van der Waals surface area contributed by atoms with E-state index in [0.717, 1.165) is 5.75 Å². The zero-order valence-corrected chi connectivity index (χ0v) is 27.0. The number of ether oxygens (including phenoxy) is 1. The fraction of sp³-hybridized carbons (Fsp3) is 0.368. The summed E-state index contributed by atoms with van der Waals surface area (Å²) >= 11 is 0. The highest BCUT2D eigenvalue weighted by atomic mass is 28.3. The van der Waals surface area contributed by atoms with Gasteiger partial charge in [0.2, 0.25) is 0 Å². The lowest BCUT2D eigenvalue weighted by atomic mass is 9.78. The van der Waals surface area contributed by atoms with Crippen LogP contribution in [0.1, 0.15) is 83.2 Å². The first-order chi connectivity index (χ1) is 19.0. The molecule has 1 aliphatic carbocycles. The summed E-state index contributed by atoms with van der Waals surface area (Å²) in [6.07, 6.45) is 1.86. The van der Waals surface area contributed by atoms with Gasteiger partial charge in [0.1, 0.15) is 12.4 Å². The molecule has 0 bridgehead atoms. The molecule has 1 unspecified atom stereocenters. The normalized spacial score (nSPS) is 14.9. The molecule has 0 spiro atoms. The Morgan fingerprint density at radius 3 is 2.12 bits per heavy atom. The van der Waals surface area contributed by atoms with E-state index in [0.29, 0.717) is 12.1 Å². The smallest absolute Gasteiger partial charge is 0.135 e. The van der Waals surface area contributed by atoms with Crippen LogP contribution in [-0.4, -0.2) is 15.4 Å². The molecule has 0 N–H and O–H groups in total. The van der Waals surface area contributed by atoms with Crippen molar-refractivity contribution in [2.75, 3.05) is 6.61 Å². The fourth-order valence-electron chi connectivity index (χ4n) is 6.77. The quantitative estimate of drug-likeness (QED) is 0.165. The third-order valence-electron chi connectivity index (χ3n) is 8.92. The molecule has 0 saturated carbocycles. The highest BCUT2D eigenvalue weighted by Gasteiger charge is 2.39. The molecule has 4 aromatic rings. The second-order valence-corrected chi connectivity index (χ2v) is 17.4. The first-order valence-electron chi connectivity index (χ1n) is 15.1. The summed E-state index contributed by atoms with van der Waals surface area (Å²) in [6.45, 7) is 23.4. The van der Waals surface area contributed by atoms with Crippen molar-refractivity contribution in [1.82, 2.24) is 0 Å². The number of hydrogen-bond donors (Lipinski definition) is 0. The maximum Gasteiger partial charge on any atom is 0.135 e. The van der Waals surface area contributed by atoms with Crippen molar-refractivity contribution in [2.45, 2.75) is 83.8 Å². The second-order valence-electron chi connectivity index (χ2n) is 13.6. The monoisotopic (exact) mass is 546 g/mol. The second kappa shape index (κ2) is 10.7. The summed E-state index contributed by atoms with van der Waals surface area (Å²) in [5, 5.41) is 2.38. The van der Waals surface area contributed by atoms with Crippen LogP contribution in [-0.2, 0) is 10.8 Å². The molecule has 0 radical (unpaired) electrons. The van der Waals surface area contributed by atoms with Gasteiger partial charge in [-0.15, -0.1) is 0 Å². The van der Waals surface area contributed by atoms with Crippen molar-refractivity contribution in [3.8, 4) is 28.0 Å². The average Bonchev–Trinajstić information content (AvgIpc) is 3.25.